The normalized spacial score (nSPS) is 15.6. The number of halogens is 2. The number of imidazole rings is 1. The molecule has 0 aromatic carbocycles. The zero-order chi connectivity index (χ0) is 11.3. The summed E-state index contributed by atoms with van der Waals surface area (Å²) < 4.78 is 2.18. The number of nitrogens with zero attached hydrogens (tertiary/aromatic N) is 4. The van der Waals surface area contributed by atoms with E-state index in [-0.39, 0.29) is 31.0 Å². The molecule has 1 aliphatic rings. The van der Waals surface area contributed by atoms with Crippen molar-refractivity contribution in [2.45, 2.75) is 26.9 Å². The van der Waals surface area contributed by atoms with Crippen LogP contribution in [0.5, 0.6) is 0 Å². The molecule has 0 bridgehead atoms. The van der Waals surface area contributed by atoms with E-state index in [4.69, 9.17) is 0 Å². The molecule has 5 nitrogen and oxygen atoms in total. The molecule has 98 valence electrons. The van der Waals surface area contributed by atoms with Crippen molar-refractivity contribution in [1.29, 1.82) is 0 Å². The quantitative estimate of drug-likeness (QED) is 0.810. The van der Waals surface area contributed by atoms with Gasteiger partial charge in [-0.25, -0.2) is 15.0 Å². The molecule has 0 aliphatic carbocycles. The number of aromatic nitrogens is 4. The zero-order valence-corrected chi connectivity index (χ0v) is 12.0. The SMILES string of the molecule is Cc1nc(C)n2c1-c1cncnc1NC2C.Cl.Cl. The smallest absolute Gasteiger partial charge is 0.140 e. The summed E-state index contributed by atoms with van der Waals surface area (Å²) in [5.74, 6) is 1.90. The maximum absolute atomic E-state index is 4.51. The number of fused-ring (bicyclic) bond motifs is 3. The van der Waals surface area contributed by atoms with Gasteiger partial charge in [-0.05, 0) is 20.8 Å². The van der Waals surface area contributed by atoms with Crippen molar-refractivity contribution in [1.82, 2.24) is 19.5 Å². The van der Waals surface area contributed by atoms with E-state index in [1.54, 1.807) is 6.33 Å². The summed E-state index contributed by atoms with van der Waals surface area (Å²) in [6.45, 7) is 6.14. The average Bonchev–Trinajstić information content (AvgIpc) is 2.55. The van der Waals surface area contributed by atoms with Crippen molar-refractivity contribution >= 4 is 30.6 Å². The van der Waals surface area contributed by atoms with Crippen molar-refractivity contribution in [3.8, 4) is 11.3 Å². The third-order valence-electron chi connectivity index (χ3n) is 2.96. The Hall–Kier alpha value is -1.33. The van der Waals surface area contributed by atoms with Crippen LogP contribution in [-0.4, -0.2) is 19.5 Å². The molecular weight excluding hydrogens is 273 g/mol. The van der Waals surface area contributed by atoms with E-state index < -0.39 is 0 Å². The second-order valence-corrected chi connectivity index (χ2v) is 4.07. The Morgan fingerprint density at radius 3 is 2.72 bits per heavy atom. The van der Waals surface area contributed by atoms with Gasteiger partial charge in [0.05, 0.1) is 17.0 Å². The summed E-state index contributed by atoms with van der Waals surface area (Å²) in [5.41, 5.74) is 3.18. The molecule has 0 radical (unpaired) electrons. The summed E-state index contributed by atoms with van der Waals surface area (Å²) in [5, 5.41) is 3.34. The van der Waals surface area contributed by atoms with Crippen LogP contribution in [0.2, 0.25) is 0 Å². The predicted molar refractivity (Wildman–Crippen MR) is 75.6 cm³/mol. The largest absolute Gasteiger partial charge is 0.349 e. The van der Waals surface area contributed by atoms with Crippen molar-refractivity contribution in [3.05, 3.63) is 24.0 Å². The Bertz CT molecular complexity index is 567. The first-order valence-corrected chi connectivity index (χ1v) is 5.31. The lowest BCUT2D eigenvalue weighted by Crippen LogP contribution is -2.22. The van der Waals surface area contributed by atoms with Crippen molar-refractivity contribution in [3.63, 3.8) is 0 Å². The van der Waals surface area contributed by atoms with Gasteiger partial charge < -0.3 is 9.88 Å². The summed E-state index contributed by atoms with van der Waals surface area (Å²) in [7, 11) is 0. The standard InChI is InChI=1S/C11H13N5.2ClH/c1-6-10-9-4-12-5-13-11(9)15-8(3)16(10)7(2)14-6;;/h4-5,8H,1-3H3,(H,12,13,15);2*1H. The van der Waals surface area contributed by atoms with Gasteiger partial charge in [0.15, 0.2) is 0 Å². The molecule has 0 spiro atoms. The third-order valence-corrected chi connectivity index (χ3v) is 2.96. The third kappa shape index (κ3) is 1.93. The van der Waals surface area contributed by atoms with E-state index in [0.29, 0.717) is 0 Å². The molecule has 1 aliphatic heterocycles. The second kappa shape index (κ2) is 5.12. The van der Waals surface area contributed by atoms with E-state index >= 15 is 0 Å². The minimum atomic E-state index is 0. The van der Waals surface area contributed by atoms with Crippen LogP contribution in [0.25, 0.3) is 11.3 Å². The fourth-order valence-electron chi connectivity index (χ4n) is 2.36. The van der Waals surface area contributed by atoms with Gasteiger partial charge in [0.1, 0.15) is 24.1 Å². The molecule has 18 heavy (non-hydrogen) atoms. The van der Waals surface area contributed by atoms with Gasteiger partial charge in [-0.3, -0.25) is 0 Å². The van der Waals surface area contributed by atoms with E-state index in [2.05, 4.69) is 31.8 Å². The fourth-order valence-corrected chi connectivity index (χ4v) is 2.36. The number of hydrogen-bond donors (Lipinski definition) is 1. The minimum Gasteiger partial charge on any atom is -0.349 e. The van der Waals surface area contributed by atoms with Gasteiger partial charge in [-0.15, -0.1) is 24.8 Å². The van der Waals surface area contributed by atoms with Crippen LogP contribution in [0, 0.1) is 13.8 Å². The Morgan fingerprint density at radius 2 is 2.00 bits per heavy atom. The second-order valence-electron chi connectivity index (χ2n) is 4.07. The molecule has 3 rings (SSSR count). The number of aryl methyl sites for hydroxylation is 2. The molecule has 1 atom stereocenters. The molecular formula is C11H15Cl2N5. The molecule has 0 amide bonds. The monoisotopic (exact) mass is 287 g/mol. The first-order valence-electron chi connectivity index (χ1n) is 5.31. The highest BCUT2D eigenvalue weighted by Gasteiger charge is 2.25. The van der Waals surface area contributed by atoms with E-state index in [1.807, 2.05) is 20.0 Å². The number of rotatable bonds is 0. The topological polar surface area (TPSA) is 55.6 Å². The summed E-state index contributed by atoms with van der Waals surface area (Å²) >= 11 is 0. The summed E-state index contributed by atoms with van der Waals surface area (Å²) in [6, 6.07) is 0. The number of anilines is 1. The predicted octanol–water partition coefficient (Wildman–Crippen LogP) is 2.74. The van der Waals surface area contributed by atoms with Crippen LogP contribution in [0.1, 0.15) is 24.6 Å². The first-order chi connectivity index (χ1) is 7.68. The van der Waals surface area contributed by atoms with E-state index in [1.165, 1.54) is 0 Å². The molecule has 1 N–H and O–H groups in total. The van der Waals surface area contributed by atoms with E-state index in [0.717, 1.165) is 28.6 Å². The lowest BCUT2D eigenvalue weighted by Gasteiger charge is -2.26. The first kappa shape index (κ1) is 14.7. The van der Waals surface area contributed by atoms with Crippen LogP contribution in [0.3, 0.4) is 0 Å². The van der Waals surface area contributed by atoms with Crippen molar-refractivity contribution < 1.29 is 0 Å². The molecule has 1 unspecified atom stereocenters. The molecule has 0 saturated heterocycles. The molecule has 2 aromatic rings. The van der Waals surface area contributed by atoms with Gasteiger partial charge in [-0.1, -0.05) is 0 Å². The molecule has 2 aromatic heterocycles. The Kier molecular flexibility index (Phi) is 4.19. The Morgan fingerprint density at radius 1 is 1.28 bits per heavy atom. The summed E-state index contributed by atoms with van der Waals surface area (Å²) in [4.78, 5) is 12.8. The molecule has 0 saturated carbocycles. The highest BCUT2D eigenvalue weighted by atomic mass is 35.5. The van der Waals surface area contributed by atoms with E-state index in [9.17, 15) is 0 Å². The van der Waals surface area contributed by atoms with Gasteiger partial charge in [0.25, 0.3) is 0 Å². The van der Waals surface area contributed by atoms with Crippen LogP contribution in [0.4, 0.5) is 5.82 Å². The molecule has 3 heterocycles. The highest BCUT2D eigenvalue weighted by molar-refractivity contribution is 5.85. The van der Waals surface area contributed by atoms with Crippen LogP contribution in [0.15, 0.2) is 12.5 Å². The number of nitrogens with one attached hydrogen (secondary N) is 1. The summed E-state index contributed by atoms with van der Waals surface area (Å²) in [6.07, 6.45) is 3.58. The van der Waals surface area contributed by atoms with Crippen LogP contribution in [-0.2, 0) is 0 Å². The van der Waals surface area contributed by atoms with Crippen LogP contribution >= 0.6 is 24.8 Å². The Balaban J connectivity index is 0.000000810. The molecule has 0 fully saturated rings. The van der Waals surface area contributed by atoms with Gasteiger partial charge in [-0.2, -0.15) is 0 Å². The molecule has 7 heteroatoms. The number of hydrogen-bond acceptors (Lipinski definition) is 4. The maximum atomic E-state index is 4.51. The van der Waals surface area contributed by atoms with Crippen molar-refractivity contribution in [2.24, 2.45) is 0 Å². The van der Waals surface area contributed by atoms with Crippen molar-refractivity contribution in [2.75, 3.05) is 5.32 Å². The lowest BCUT2D eigenvalue weighted by molar-refractivity contribution is 0.590. The van der Waals surface area contributed by atoms with Crippen LogP contribution < -0.4 is 5.32 Å². The minimum absolute atomic E-state index is 0. The maximum Gasteiger partial charge on any atom is 0.140 e. The Labute approximate surface area is 118 Å². The zero-order valence-electron chi connectivity index (χ0n) is 10.3. The van der Waals surface area contributed by atoms with Gasteiger partial charge in [0.2, 0.25) is 0 Å². The fraction of sp³-hybridized carbons (Fsp3) is 0.364. The average molecular weight is 288 g/mol. The highest BCUT2D eigenvalue weighted by Crippen LogP contribution is 2.36. The van der Waals surface area contributed by atoms with Gasteiger partial charge >= 0.3 is 0 Å². The lowest BCUT2D eigenvalue weighted by atomic mass is 10.1. The van der Waals surface area contributed by atoms with Gasteiger partial charge in [0, 0.05) is 6.20 Å².